The lowest BCUT2D eigenvalue weighted by Gasteiger charge is -2.13. The molecule has 2 aliphatic rings. The first kappa shape index (κ1) is 21.5. The number of fused-ring (bicyclic) bond motifs is 1. The molecule has 1 saturated heterocycles. The molecule has 4 rings (SSSR count). The fourth-order valence-corrected chi connectivity index (χ4v) is 4.24. The Hall–Kier alpha value is -2.68. The topological polar surface area (TPSA) is 84.9 Å². The van der Waals surface area contributed by atoms with Crippen molar-refractivity contribution < 1.29 is 23.9 Å². The van der Waals surface area contributed by atoms with Gasteiger partial charge in [-0.2, -0.15) is 0 Å². The molecule has 0 aliphatic carbocycles. The summed E-state index contributed by atoms with van der Waals surface area (Å²) in [4.78, 5) is 38.4. The Bertz CT molecular complexity index is 1110. The van der Waals surface area contributed by atoms with E-state index in [1.807, 2.05) is 0 Å². The monoisotopic (exact) mass is 478 g/mol. The number of benzene rings is 2. The molecule has 2 aromatic carbocycles. The van der Waals surface area contributed by atoms with E-state index in [0.717, 1.165) is 22.2 Å². The summed E-state index contributed by atoms with van der Waals surface area (Å²) in [5.41, 5.74) is 1.44. The summed E-state index contributed by atoms with van der Waals surface area (Å²) in [6.07, 6.45) is 1.75. The number of halogens is 2. The maximum atomic E-state index is 12.6. The molecular weight excluding hydrogens is 463 g/mol. The third-order valence-electron chi connectivity index (χ3n) is 4.57. The number of nitrogens with zero attached hydrogens (tertiary/aromatic N) is 1. The van der Waals surface area contributed by atoms with E-state index in [9.17, 15) is 14.4 Å². The number of rotatable bonds is 6. The van der Waals surface area contributed by atoms with Gasteiger partial charge in [0.25, 0.3) is 11.1 Å². The Labute approximate surface area is 192 Å². The predicted molar refractivity (Wildman–Crippen MR) is 118 cm³/mol. The molecule has 0 saturated carbocycles. The van der Waals surface area contributed by atoms with E-state index in [-0.39, 0.29) is 37.4 Å². The SMILES string of the molecule is O=C(Cc1ccc(Cl)c(Cl)c1)NCCN1C(=O)S/C(=C\c2ccc3c(c2)OCO3)C1=O. The molecule has 0 radical (unpaired) electrons. The molecule has 1 N–H and O–H groups in total. The van der Waals surface area contributed by atoms with Gasteiger partial charge in [0, 0.05) is 13.1 Å². The molecule has 1 fully saturated rings. The van der Waals surface area contributed by atoms with Crippen LogP contribution in [0.3, 0.4) is 0 Å². The summed E-state index contributed by atoms with van der Waals surface area (Å²) in [6.45, 7) is 0.387. The molecule has 7 nitrogen and oxygen atoms in total. The van der Waals surface area contributed by atoms with Crippen LogP contribution in [-0.2, 0) is 16.0 Å². The molecule has 31 heavy (non-hydrogen) atoms. The fraction of sp³-hybridized carbons (Fsp3) is 0.190. The van der Waals surface area contributed by atoms with E-state index < -0.39 is 5.91 Å². The zero-order chi connectivity index (χ0) is 22.0. The van der Waals surface area contributed by atoms with Gasteiger partial charge in [0.15, 0.2) is 11.5 Å². The quantitative estimate of drug-likeness (QED) is 0.628. The second-order valence-electron chi connectivity index (χ2n) is 6.72. The summed E-state index contributed by atoms with van der Waals surface area (Å²) < 4.78 is 10.6. The Morgan fingerprint density at radius 1 is 1.10 bits per heavy atom. The Balaban J connectivity index is 1.32. The number of carbonyl (C=O) groups excluding carboxylic acids is 3. The molecule has 3 amide bonds. The minimum absolute atomic E-state index is 0.0796. The van der Waals surface area contributed by atoms with E-state index in [2.05, 4.69) is 5.32 Å². The molecule has 0 atom stereocenters. The van der Waals surface area contributed by atoms with Crippen molar-refractivity contribution in [1.82, 2.24) is 10.2 Å². The van der Waals surface area contributed by atoms with Crippen LogP contribution in [0.5, 0.6) is 11.5 Å². The zero-order valence-electron chi connectivity index (χ0n) is 16.0. The van der Waals surface area contributed by atoms with Gasteiger partial charge in [-0.05, 0) is 53.2 Å². The van der Waals surface area contributed by atoms with Crippen LogP contribution < -0.4 is 14.8 Å². The van der Waals surface area contributed by atoms with Crippen molar-refractivity contribution in [3.05, 3.63) is 62.5 Å². The Kier molecular flexibility index (Phi) is 6.41. The van der Waals surface area contributed by atoms with Crippen LogP contribution in [0.15, 0.2) is 41.3 Å². The minimum Gasteiger partial charge on any atom is -0.454 e. The number of amides is 3. The van der Waals surface area contributed by atoms with Gasteiger partial charge in [0.1, 0.15) is 0 Å². The van der Waals surface area contributed by atoms with Crippen molar-refractivity contribution in [2.75, 3.05) is 19.9 Å². The molecule has 10 heteroatoms. The van der Waals surface area contributed by atoms with Gasteiger partial charge in [-0.1, -0.05) is 35.3 Å². The van der Waals surface area contributed by atoms with Crippen LogP contribution in [0.4, 0.5) is 4.79 Å². The van der Waals surface area contributed by atoms with Gasteiger partial charge in [0.05, 0.1) is 21.4 Å². The second-order valence-corrected chi connectivity index (χ2v) is 8.53. The number of nitrogens with one attached hydrogen (secondary N) is 1. The highest BCUT2D eigenvalue weighted by Crippen LogP contribution is 2.36. The first-order valence-electron chi connectivity index (χ1n) is 9.26. The number of hydrogen-bond donors (Lipinski definition) is 1. The Morgan fingerprint density at radius 2 is 1.90 bits per heavy atom. The molecule has 2 heterocycles. The average molecular weight is 479 g/mol. The molecule has 2 aromatic rings. The highest BCUT2D eigenvalue weighted by atomic mass is 35.5. The molecule has 160 valence electrons. The second kappa shape index (κ2) is 9.21. The van der Waals surface area contributed by atoms with E-state index in [1.165, 1.54) is 0 Å². The molecule has 2 aliphatic heterocycles. The van der Waals surface area contributed by atoms with Crippen molar-refractivity contribution in [2.45, 2.75) is 6.42 Å². The lowest BCUT2D eigenvalue weighted by Crippen LogP contribution is -2.37. The van der Waals surface area contributed by atoms with Crippen LogP contribution in [0, 0.1) is 0 Å². The lowest BCUT2D eigenvalue weighted by molar-refractivity contribution is -0.124. The summed E-state index contributed by atoms with van der Waals surface area (Å²) >= 11 is 12.7. The fourth-order valence-electron chi connectivity index (χ4n) is 3.05. The van der Waals surface area contributed by atoms with Gasteiger partial charge >= 0.3 is 0 Å². The third-order valence-corrected chi connectivity index (χ3v) is 6.22. The summed E-state index contributed by atoms with van der Waals surface area (Å²) in [5, 5.41) is 3.12. The number of hydrogen-bond acceptors (Lipinski definition) is 6. The van der Waals surface area contributed by atoms with Crippen LogP contribution in [0.1, 0.15) is 11.1 Å². The predicted octanol–water partition coefficient (Wildman–Crippen LogP) is 4.12. The standard InChI is InChI=1S/C21H16Cl2N2O5S/c22-14-3-1-12(7-15(14)23)10-19(26)24-5-6-25-20(27)18(31-21(25)28)9-13-2-4-16-17(8-13)30-11-29-16/h1-4,7-9H,5-6,10-11H2,(H,24,26)/b18-9-. The smallest absolute Gasteiger partial charge is 0.293 e. The maximum absolute atomic E-state index is 12.6. The summed E-state index contributed by atoms with van der Waals surface area (Å²) in [5.74, 6) is 0.590. The molecule has 0 unspecified atom stereocenters. The van der Waals surface area contributed by atoms with Crippen LogP contribution in [-0.4, -0.2) is 41.8 Å². The minimum atomic E-state index is -0.397. The summed E-state index contributed by atoms with van der Waals surface area (Å²) in [6, 6.07) is 10.2. The average Bonchev–Trinajstić information content (AvgIpc) is 3.30. The first-order valence-corrected chi connectivity index (χ1v) is 10.8. The van der Waals surface area contributed by atoms with Gasteiger partial charge in [0.2, 0.25) is 12.7 Å². The highest BCUT2D eigenvalue weighted by Gasteiger charge is 2.34. The van der Waals surface area contributed by atoms with Gasteiger partial charge in [-0.15, -0.1) is 0 Å². The van der Waals surface area contributed by atoms with Crippen molar-refractivity contribution in [2.24, 2.45) is 0 Å². The molecule has 0 spiro atoms. The Morgan fingerprint density at radius 3 is 2.71 bits per heavy atom. The first-order chi connectivity index (χ1) is 14.9. The van der Waals surface area contributed by atoms with Crippen molar-refractivity contribution >= 4 is 58.1 Å². The van der Waals surface area contributed by atoms with Crippen molar-refractivity contribution in [3.63, 3.8) is 0 Å². The van der Waals surface area contributed by atoms with E-state index in [0.29, 0.717) is 32.0 Å². The normalized spacial score (nSPS) is 16.3. The molecular formula is C21H16Cl2N2O5S. The molecule has 0 aromatic heterocycles. The maximum Gasteiger partial charge on any atom is 0.293 e. The lowest BCUT2D eigenvalue weighted by atomic mass is 10.1. The zero-order valence-corrected chi connectivity index (χ0v) is 18.4. The van der Waals surface area contributed by atoms with Gasteiger partial charge in [-0.3, -0.25) is 19.3 Å². The number of imide groups is 1. The van der Waals surface area contributed by atoms with E-state index >= 15 is 0 Å². The largest absolute Gasteiger partial charge is 0.454 e. The number of ether oxygens (including phenoxy) is 2. The molecule has 0 bridgehead atoms. The van der Waals surface area contributed by atoms with Crippen molar-refractivity contribution in [1.29, 1.82) is 0 Å². The van der Waals surface area contributed by atoms with Crippen molar-refractivity contribution in [3.8, 4) is 11.5 Å². The van der Waals surface area contributed by atoms with E-state index in [4.69, 9.17) is 32.7 Å². The van der Waals surface area contributed by atoms with Gasteiger partial charge < -0.3 is 14.8 Å². The number of carbonyl (C=O) groups is 3. The third kappa shape index (κ3) is 4.98. The van der Waals surface area contributed by atoms with E-state index in [1.54, 1.807) is 42.5 Å². The van der Waals surface area contributed by atoms with Crippen LogP contribution in [0.2, 0.25) is 10.0 Å². The van der Waals surface area contributed by atoms with Crippen LogP contribution >= 0.6 is 35.0 Å². The van der Waals surface area contributed by atoms with Gasteiger partial charge in [-0.25, -0.2) is 0 Å². The highest BCUT2D eigenvalue weighted by molar-refractivity contribution is 8.18. The van der Waals surface area contributed by atoms with Crippen LogP contribution in [0.25, 0.3) is 6.08 Å². The number of thioether (sulfide) groups is 1. The summed E-state index contributed by atoms with van der Waals surface area (Å²) in [7, 11) is 0.